The Kier molecular flexibility index (Phi) is 3.93. The summed E-state index contributed by atoms with van der Waals surface area (Å²) in [7, 11) is 0. The molecule has 0 radical (unpaired) electrons. The van der Waals surface area contributed by atoms with Gasteiger partial charge in [-0.15, -0.1) is 0 Å². The van der Waals surface area contributed by atoms with Gasteiger partial charge in [-0.2, -0.15) is 0 Å². The van der Waals surface area contributed by atoms with Crippen LogP contribution in [0.1, 0.15) is 20.8 Å². The maximum absolute atomic E-state index is 11.8. The van der Waals surface area contributed by atoms with Crippen LogP contribution < -0.4 is 5.73 Å². The summed E-state index contributed by atoms with van der Waals surface area (Å²) in [5.74, 6) is 0. The molecule has 0 saturated carbocycles. The van der Waals surface area contributed by atoms with E-state index in [1.807, 2.05) is 20.8 Å². The monoisotopic (exact) mass is 216 g/mol. The summed E-state index contributed by atoms with van der Waals surface area (Å²) in [4.78, 5) is 13.4. The number of nitrogens with zero attached hydrogens (tertiary/aromatic N) is 1. The molecule has 0 aromatic carbocycles. The summed E-state index contributed by atoms with van der Waals surface area (Å²) in [6.07, 6.45) is -0.304. The van der Waals surface area contributed by atoms with Gasteiger partial charge in [0.1, 0.15) is 5.60 Å². The number of carbonyl (C=O) groups excluding carboxylic acids is 1. The molecular formula is C10H20N2O3. The van der Waals surface area contributed by atoms with Gasteiger partial charge in [-0.3, -0.25) is 4.90 Å². The molecule has 1 aliphatic heterocycles. The molecule has 1 amide bonds. The molecule has 0 spiro atoms. The van der Waals surface area contributed by atoms with Crippen molar-refractivity contribution in [2.24, 2.45) is 5.73 Å². The summed E-state index contributed by atoms with van der Waals surface area (Å²) in [5, 5.41) is 0. The minimum Gasteiger partial charge on any atom is -0.444 e. The van der Waals surface area contributed by atoms with Gasteiger partial charge in [0, 0.05) is 13.1 Å². The van der Waals surface area contributed by atoms with Crippen LogP contribution in [0, 0.1) is 0 Å². The van der Waals surface area contributed by atoms with Crippen molar-refractivity contribution < 1.29 is 14.3 Å². The number of rotatable bonds is 1. The molecule has 15 heavy (non-hydrogen) atoms. The Bertz CT molecular complexity index is 225. The average molecular weight is 216 g/mol. The molecular weight excluding hydrogens is 196 g/mol. The molecule has 1 heterocycles. The second kappa shape index (κ2) is 4.81. The van der Waals surface area contributed by atoms with Crippen LogP contribution in [0.3, 0.4) is 0 Å². The zero-order chi connectivity index (χ0) is 11.5. The van der Waals surface area contributed by atoms with Crippen LogP contribution in [0.2, 0.25) is 0 Å². The Morgan fingerprint density at radius 2 is 2.27 bits per heavy atom. The first-order chi connectivity index (χ1) is 6.94. The van der Waals surface area contributed by atoms with Gasteiger partial charge >= 0.3 is 6.09 Å². The predicted molar refractivity (Wildman–Crippen MR) is 56.6 cm³/mol. The Morgan fingerprint density at radius 3 is 2.80 bits per heavy atom. The second-order valence-corrected chi connectivity index (χ2v) is 4.64. The van der Waals surface area contributed by atoms with E-state index in [0.29, 0.717) is 26.3 Å². The smallest absolute Gasteiger partial charge is 0.410 e. The molecule has 5 nitrogen and oxygen atoms in total. The molecule has 0 bridgehead atoms. The van der Waals surface area contributed by atoms with Gasteiger partial charge < -0.3 is 15.2 Å². The summed E-state index contributed by atoms with van der Waals surface area (Å²) in [6, 6.07) is -0.0615. The lowest BCUT2D eigenvalue weighted by molar-refractivity contribution is -0.0299. The number of morpholine rings is 1. The first-order valence-corrected chi connectivity index (χ1v) is 5.21. The van der Waals surface area contributed by atoms with Crippen molar-refractivity contribution >= 4 is 6.09 Å². The van der Waals surface area contributed by atoms with E-state index < -0.39 is 5.60 Å². The molecule has 0 unspecified atom stereocenters. The molecule has 1 fully saturated rings. The highest BCUT2D eigenvalue weighted by Crippen LogP contribution is 2.13. The fourth-order valence-corrected chi connectivity index (χ4v) is 1.41. The lowest BCUT2D eigenvalue weighted by Gasteiger charge is -2.35. The SMILES string of the molecule is CC(C)(C)OC(=O)N1CCOC[C@@H]1CN. The van der Waals surface area contributed by atoms with Crippen molar-refractivity contribution in [2.45, 2.75) is 32.4 Å². The van der Waals surface area contributed by atoms with Crippen LogP contribution in [0.25, 0.3) is 0 Å². The van der Waals surface area contributed by atoms with E-state index in [0.717, 1.165) is 0 Å². The third-order valence-electron chi connectivity index (χ3n) is 2.13. The average Bonchev–Trinajstić information content (AvgIpc) is 2.15. The summed E-state index contributed by atoms with van der Waals surface area (Å²) in [6.45, 7) is 7.55. The molecule has 5 heteroatoms. The van der Waals surface area contributed by atoms with Crippen molar-refractivity contribution in [3.63, 3.8) is 0 Å². The van der Waals surface area contributed by atoms with Gasteiger partial charge in [0.25, 0.3) is 0 Å². The number of hydrogen-bond acceptors (Lipinski definition) is 4. The third kappa shape index (κ3) is 3.68. The Morgan fingerprint density at radius 1 is 1.60 bits per heavy atom. The summed E-state index contributed by atoms with van der Waals surface area (Å²) >= 11 is 0. The molecule has 1 atom stereocenters. The molecule has 0 aromatic heterocycles. The molecule has 2 N–H and O–H groups in total. The highest BCUT2D eigenvalue weighted by Gasteiger charge is 2.29. The van der Waals surface area contributed by atoms with Gasteiger partial charge in [-0.25, -0.2) is 4.79 Å². The van der Waals surface area contributed by atoms with Crippen LogP contribution >= 0.6 is 0 Å². The first kappa shape index (κ1) is 12.3. The topological polar surface area (TPSA) is 64.8 Å². The summed E-state index contributed by atoms with van der Waals surface area (Å²) < 4.78 is 10.5. The minimum absolute atomic E-state index is 0.0615. The van der Waals surface area contributed by atoms with Crippen LogP contribution in [-0.2, 0) is 9.47 Å². The largest absolute Gasteiger partial charge is 0.444 e. The maximum Gasteiger partial charge on any atom is 0.410 e. The number of hydrogen-bond donors (Lipinski definition) is 1. The number of carbonyl (C=O) groups is 1. The zero-order valence-corrected chi connectivity index (χ0v) is 9.66. The lowest BCUT2D eigenvalue weighted by atomic mass is 10.2. The Balaban J connectivity index is 2.56. The van der Waals surface area contributed by atoms with Crippen molar-refractivity contribution in [3.05, 3.63) is 0 Å². The quantitative estimate of drug-likeness (QED) is 0.696. The van der Waals surface area contributed by atoms with Crippen LogP contribution in [0.5, 0.6) is 0 Å². The number of nitrogens with two attached hydrogens (primary N) is 1. The van der Waals surface area contributed by atoms with E-state index in [1.165, 1.54) is 0 Å². The van der Waals surface area contributed by atoms with Gasteiger partial charge in [-0.05, 0) is 20.8 Å². The van der Waals surface area contributed by atoms with Gasteiger partial charge in [-0.1, -0.05) is 0 Å². The standard InChI is InChI=1S/C10H20N2O3/c1-10(2,3)15-9(13)12-4-5-14-7-8(12)6-11/h8H,4-7,11H2,1-3H3/t8-/m0/s1. The highest BCUT2D eigenvalue weighted by atomic mass is 16.6. The van der Waals surface area contributed by atoms with E-state index in [2.05, 4.69) is 0 Å². The molecule has 1 aliphatic rings. The Hall–Kier alpha value is -0.810. The molecule has 0 aromatic rings. The summed E-state index contributed by atoms with van der Waals surface area (Å²) in [5.41, 5.74) is 5.10. The predicted octanol–water partition coefficient (Wildman–Crippen LogP) is 0.581. The van der Waals surface area contributed by atoms with E-state index in [1.54, 1.807) is 4.90 Å². The lowest BCUT2D eigenvalue weighted by Crippen LogP contribution is -2.53. The van der Waals surface area contributed by atoms with Crippen LogP contribution in [-0.4, -0.2) is 48.9 Å². The van der Waals surface area contributed by atoms with Gasteiger partial charge in [0.2, 0.25) is 0 Å². The van der Waals surface area contributed by atoms with E-state index >= 15 is 0 Å². The Labute approximate surface area is 90.5 Å². The van der Waals surface area contributed by atoms with E-state index in [9.17, 15) is 4.79 Å². The second-order valence-electron chi connectivity index (χ2n) is 4.64. The molecule has 1 saturated heterocycles. The molecule has 0 aliphatic carbocycles. The van der Waals surface area contributed by atoms with Crippen LogP contribution in [0.4, 0.5) is 4.79 Å². The van der Waals surface area contributed by atoms with Gasteiger partial charge in [0.05, 0.1) is 19.3 Å². The normalized spacial score (nSPS) is 22.7. The minimum atomic E-state index is -0.464. The van der Waals surface area contributed by atoms with Crippen molar-refractivity contribution in [1.82, 2.24) is 4.90 Å². The third-order valence-corrected chi connectivity index (χ3v) is 2.13. The highest BCUT2D eigenvalue weighted by molar-refractivity contribution is 5.68. The van der Waals surface area contributed by atoms with Crippen molar-refractivity contribution in [1.29, 1.82) is 0 Å². The molecule has 1 rings (SSSR count). The van der Waals surface area contributed by atoms with E-state index in [-0.39, 0.29) is 12.1 Å². The van der Waals surface area contributed by atoms with Gasteiger partial charge in [0.15, 0.2) is 0 Å². The van der Waals surface area contributed by atoms with E-state index in [4.69, 9.17) is 15.2 Å². The first-order valence-electron chi connectivity index (χ1n) is 5.21. The van der Waals surface area contributed by atoms with Crippen LogP contribution in [0.15, 0.2) is 0 Å². The number of ether oxygens (including phenoxy) is 2. The fraction of sp³-hybridized carbons (Fsp3) is 0.900. The zero-order valence-electron chi connectivity index (χ0n) is 9.66. The molecule has 88 valence electrons. The maximum atomic E-state index is 11.8. The van der Waals surface area contributed by atoms with Crippen molar-refractivity contribution in [3.8, 4) is 0 Å². The fourth-order valence-electron chi connectivity index (χ4n) is 1.41. The number of amides is 1. The van der Waals surface area contributed by atoms with Crippen molar-refractivity contribution in [2.75, 3.05) is 26.3 Å².